The van der Waals surface area contributed by atoms with Gasteiger partial charge in [-0.05, 0) is 87.3 Å². The normalized spacial score (nSPS) is 14.9. The predicted octanol–water partition coefficient (Wildman–Crippen LogP) is 3.91. The van der Waals surface area contributed by atoms with Crippen LogP contribution >= 0.6 is 0 Å². The largest absolute Gasteiger partial charge is 0.417 e. The summed E-state index contributed by atoms with van der Waals surface area (Å²) in [5.41, 5.74) is 6.38. The van der Waals surface area contributed by atoms with E-state index in [1.807, 2.05) is 0 Å². The highest BCUT2D eigenvalue weighted by molar-refractivity contribution is 5.76. The number of carbonyl (C=O) groups is 1. The van der Waals surface area contributed by atoms with Crippen LogP contribution in [-0.4, -0.2) is 30.4 Å². The van der Waals surface area contributed by atoms with Crippen LogP contribution in [0.2, 0.25) is 0 Å². The summed E-state index contributed by atoms with van der Waals surface area (Å²) < 4.78 is 39.6. The first-order valence-electron chi connectivity index (χ1n) is 10.4. The Morgan fingerprint density at radius 2 is 1.91 bits per heavy atom. The SMILES string of the molecule is N#Cc1ccc(C#Cc2cc[c]cc2C(F)(F)F)c(CCCN2CCC(C(N)=O)CC2)c1. The topological polar surface area (TPSA) is 70.1 Å². The lowest BCUT2D eigenvalue weighted by Crippen LogP contribution is -2.39. The summed E-state index contributed by atoms with van der Waals surface area (Å²) in [6, 6.07) is 13.2. The molecule has 2 N–H and O–H groups in total. The number of alkyl halides is 3. The molecular formula is C25H23F3N3O. The van der Waals surface area contributed by atoms with E-state index in [4.69, 9.17) is 5.73 Å². The number of benzene rings is 2. The number of halogens is 3. The van der Waals surface area contributed by atoms with Crippen molar-refractivity contribution < 1.29 is 18.0 Å². The number of hydrogen-bond donors (Lipinski definition) is 1. The van der Waals surface area contributed by atoms with Crippen LogP contribution in [0.5, 0.6) is 0 Å². The molecule has 0 aliphatic carbocycles. The van der Waals surface area contributed by atoms with Crippen molar-refractivity contribution in [2.24, 2.45) is 11.7 Å². The van der Waals surface area contributed by atoms with Gasteiger partial charge in [-0.2, -0.15) is 18.4 Å². The summed E-state index contributed by atoms with van der Waals surface area (Å²) in [4.78, 5) is 13.6. The molecule has 32 heavy (non-hydrogen) atoms. The zero-order valence-electron chi connectivity index (χ0n) is 17.5. The minimum atomic E-state index is -4.50. The van der Waals surface area contributed by atoms with E-state index in [0.29, 0.717) is 17.5 Å². The van der Waals surface area contributed by atoms with E-state index in [9.17, 15) is 23.2 Å². The second-order valence-electron chi connectivity index (χ2n) is 7.83. The van der Waals surface area contributed by atoms with Gasteiger partial charge in [0.1, 0.15) is 0 Å². The number of aryl methyl sites for hydroxylation is 1. The number of likely N-dealkylation sites (tertiary alicyclic amines) is 1. The van der Waals surface area contributed by atoms with Crippen molar-refractivity contribution in [3.8, 4) is 17.9 Å². The number of carbonyl (C=O) groups excluding carboxylic acids is 1. The van der Waals surface area contributed by atoms with E-state index < -0.39 is 11.7 Å². The van der Waals surface area contributed by atoms with Crippen LogP contribution in [0.1, 0.15) is 47.1 Å². The molecule has 2 aromatic rings. The zero-order valence-corrected chi connectivity index (χ0v) is 17.5. The second kappa shape index (κ2) is 10.3. The molecule has 7 heteroatoms. The first-order valence-corrected chi connectivity index (χ1v) is 10.4. The summed E-state index contributed by atoms with van der Waals surface area (Å²) in [6.45, 7) is 2.44. The van der Waals surface area contributed by atoms with Crippen LogP contribution in [0.4, 0.5) is 13.2 Å². The van der Waals surface area contributed by atoms with Gasteiger partial charge in [0, 0.05) is 17.0 Å². The summed E-state index contributed by atoms with van der Waals surface area (Å²) in [5.74, 6) is 5.20. The molecule has 165 valence electrons. The third kappa shape index (κ3) is 6.12. The van der Waals surface area contributed by atoms with Gasteiger partial charge in [-0.3, -0.25) is 4.79 Å². The molecule has 1 saturated heterocycles. The first kappa shape index (κ1) is 23.4. The molecule has 1 heterocycles. The molecule has 1 amide bonds. The van der Waals surface area contributed by atoms with E-state index >= 15 is 0 Å². The van der Waals surface area contributed by atoms with E-state index in [1.165, 1.54) is 12.1 Å². The molecule has 1 aliphatic heterocycles. The number of rotatable bonds is 5. The number of nitrogens with two attached hydrogens (primary N) is 1. The Bertz CT molecular complexity index is 1070. The van der Waals surface area contributed by atoms with E-state index in [-0.39, 0.29) is 17.4 Å². The average molecular weight is 438 g/mol. The van der Waals surface area contributed by atoms with Crippen molar-refractivity contribution in [2.75, 3.05) is 19.6 Å². The number of amides is 1. The van der Waals surface area contributed by atoms with Crippen molar-refractivity contribution in [2.45, 2.75) is 31.9 Å². The third-order valence-corrected chi connectivity index (χ3v) is 5.65. The van der Waals surface area contributed by atoms with Crippen LogP contribution in [0.25, 0.3) is 0 Å². The van der Waals surface area contributed by atoms with Gasteiger partial charge in [-0.1, -0.05) is 17.9 Å². The van der Waals surface area contributed by atoms with Gasteiger partial charge in [-0.15, -0.1) is 0 Å². The van der Waals surface area contributed by atoms with Crippen LogP contribution in [-0.2, 0) is 17.4 Å². The number of piperidine rings is 1. The maximum absolute atomic E-state index is 13.2. The molecule has 0 aromatic heterocycles. The average Bonchev–Trinajstić information content (AvgIpc) is 2.78. The third-order valence-electron chi connectivity index (χ3n) is 5.65. The summed E-state index contributed by atoms with van der Waals surface area (Å²) in [7, 11) is 0. The standard InChI is InChI=1S/C25H23F3N3O/c26-25(27,28)23-6-2-1-4-20(23)10-9-19-8-7-18(17-29)16-22(19)5-3-13-31-14-11-21(12-15-31)24(30)32/h1,4,6-8,16,21H,3,5,11-15H2,(H2,30,32). The van der Waals surface area contributed by atoms with Gasteiger partial charge in [-0.25, -0.2) is 0 Å². The maximum atomic E-state index is 13.2. The number of nitriles is 1. The van der Waals surface area contributed by atoms with E-state index in [2.05, 4.69) is 28.9 Å². The molecule has 4 nitrogen and oxygen atoms in total. The first-order chi connectivity index (χ1) is 15.3. The van der Waals surface area contributed by atoms with Crippen molar-refractivity contribution >= 4 is 5.91 Å². The quantitative estimate of drug-likeness (QED) is 0.720. The highest BCUT2D eigenvalue weighted by atomic mass is 19.4. The van der Waals surface area contributed by atoms with Crippen molar-refractivity contribution in [1.29, 1.82) is 5.26 Å². The van der Waals surface area contributed by atoms with Crippen LogP contribution < -0.4 is 5.73 Å². The second-order valence-corrected chi connectivity index (χ2v) is 7.83. The van der Waals surface area contributed by atoms with Gasteiger partial charge in [0.25, 0.3) is 0 Å². The fourth-order valence-electron chi connectivity index (χ4n) is 3.83. The summed E-state index contributed by atoms with van der Waals surface area (Å²) in [5, 5.41) is 9.23. The van der Waals surface area contributed by atoms with Gasteiger partial charge < -0.3 is 10.6 Å². The predicted molar refractivity (Wildman–Crippen MR) is 114 cm³/mol. The molecule has 0 unspecified atom stereocenters. The minimum absolute atomic E-state index is 0.0578. The molecule has 3 rings (SSSR count). The lowest BCUT2D eigenvalue weighted by atomic mass is 9.95. The Balaban J connectivity index is 1.72. The molecule has 0 bridgehead atoms. The summed E-state index contributed by atoms with van der Waals surface area (Å²) in [6.07, 6.45) is -1.54. The van der Waals surface area contributed by atoms with Crippen molar-refractivity contribution in [3.63, 3.8) is 0 Å². The van der Waals surface area contributed by atoms with Crippen LogP contribution in [0.3, 0.4) is 0 Å². The molecule has 0 spiro atoms. The highest BCUT2D eigenvalue weighted by Gasteiger charge is 2.32. The Kier molecular flexibility index (Phi) is 7.56. The Hall–Kier alpha value is -3.29. The molecule has 1 radical (unpaired) electrons. The zero-order chi connectivity index (χ0) is 23.1. The van der Waals surface area contributed by atoms with Gasteiger partial charge >= 0.3 is 6.18 Å². The van der Waals surface area contributed by atoms with Gasteiger partial charge in [0.05, 0.1) is 17.2 Å². The number of primary amides is 1. The number of hydrogen-bond acceptors (Lipinski definition) is 3. The Morgan fingerprint density at radius 3 is 2.56 bits per heavy atom. The Morgan fingerprint density at radius 1 is 1.19 bits per heavy atom. The van der Waals surface area contributed by atoms with Gasteiger partial charge in [0.15, 0.2) is 0 Å². The summed E-state index contributed by atoms with van der Waals surface area (Å²) >= 11 is 0. The molecular weight excluding hydrogens is 415 g/mol. The fourth-order valence-corrected chi connectivity index (χ4v) is 3.83. The van der Waals surface area contributed by atoms with E-state index in [0.717, 1.165) is 50.5 Å². The van der Waals surface area contributed by atoms with Crippen LogP contribution in [0.15, 0.2) is 36.4 Å². The molecule has 1 aliphatic rings. The van der Waals surface area contributed by atoms with Crippen molar-refractivity contribution in [3.05, 3.63) is 70.3 Å². The molecule has 1 fully saturated rings. The smallest absolute Gasteiger partial charge is 0.369 e. The maximum Gasteiger partial charge on any atom is 0.417 e. The minimum Gasteiger partial charge on any atom is -0.369 e. The highest BCUT2D eigenvalue weighted by Crippen LogP contribution is 2.31. The lowest BCUT2D eigenvalue weighted by molar-refractivity contribution is -0.137. The van der Waals surface area contributed by atoms with E-state index in [1.54, 1.807) is 18.2 Å². The fraction of sp³-hybridized carbons (Fsp3) is 0.360. The molecule has 0 atom stereocenters. The van der Waals surface area contributed by atoms with Gasteiger partial charge in [0.2, 0.25) is 5.91 Å². The lowest BCUT2D eigenvalue weighted by Gasteiger charge is -2.30. The van der Waals surface area contributed by atoms with Crippen molar-refractivity contribution in [1.82, 2.24) is 4.90 Å². The van der Waals surface area contributed by atoms with Crippen LogP contribution in [0, 0.1) is 35.2 Å². The molecule has 0 saturated carbocycles. The monoisotopic (exact) mass is 438 g/mol. The molecule has 2 aromatic carbocycles. The number of nitrogens with zero attached hydrogens (tertiary/aromatic N) is 2. The Labute approximate surface area is 185 Å².